The van der Waals surface area contributed by atoms with E-state index in [2.05, 4.69) is 43.8 Å². The molecule has 0 saturated heterocycles. The fraction of sp³-hybridized carbons (Fsp3) is 0.833. The summed E-state index contributed by atoms with van der Waals surface area (Å²) >= 11 is 0. The molecule has 0 rings (SSSR count). The second-order valence-corrected chi connectivity index (χ2v) is 3.96. The van der Waals surface area contributed by atoms with Crippen molar-refractivity contribution in [2.24, 2.45) is 5.92 Å². The molecular weight excluding hydrogens is 172 g/mol. The molecule has 0 fully saturated rings. The van der Waals surface area contributed by atoms with Gasteiger partial charge in [-0.3, -0.25) is 0 Å². The van der Waals surface area contributed by atoms with Gasteiger partial charge in [-0.2, -0.15) is 0 Å². The maximum absolute atomic E-state index is 3.89. The van der Waals surface area contributed by atoms with Crippen LogP contribution in [0.1, 0.15) is 26.7 Å². The second kappa shape index (κ2) is 9.22. The lowest BCUT2D eigenvalue weighted by atomic mass is 10.1. The van der Waals surface area contributed by atoms with E-state index in [4.69, 9.17) is 0 Å². The molecule has 1 unspecified atom stereocenters. The van der Waals surface area contributed by atoms with Crippen molar-refractivity contribution in [1.82, 2.24) is 10.2 Å². The van der Waals surface area contributed by atoms with Crippen LogP contribution in [0.5, 0.6) is 0 Å². The predicted molar refractivity (Wildman–Crippen MR) is 64.6 cm³/mol. The summed E-state index contributed by atoms with van der Waals surface area (Å²) in [5.41, 5.74) is 0. The lowest BCUT2D eigenvalue weighted by Gasteiger charge is -2.21. The Morgan fingerprint density at radius 3 is 2.57 bits per heavy atom. The SMILES string of the molecule is C=CC(CNCCC)CN(C)CCC. The summed E-state index contributed by atoms with van der Waals surface area (Å²) in [5.74, 6) is 0.582. The fourth-order valence-electron chi connectivity index (χ4n) is 1.56. The van der Waals surface area contributed by atoms with Crippen molar-refractivity contribution in [1.29, 1.82) is 0 Å². The first-order valence-electron chi connectivity index (χ1n) is 5.76. The monoisotopic (exact) mass is 198 g/mol. The van der Waals surface area contributed by atoms with Gasteiger partial charge in [0.15, 0.2) is 0 Å². The van der Waals surface area contributed by atoms with Crippen molar-refractivity contribution in [2.75, 3.05) is 33.2 Å². The van der Waals surface area contributed by atoms with Gasteiger partial charge < -0.3 is 10.2 Å². The lowest BCUT2D eigenvalue weighted by Crippen LogP contribution is -2.32. The maximum Gasteiger partial charge on any atom is 0.00534 e. The van der Waals surface area contributed by atoms with E-state index in [0.717, 1.165) is 19.6 Å². The molecular formula is C12H26N2. The largest absolute Gasteiger partial charge is 0.316 e. The van der Waals surface area contributed by atoms with E-state index in [1.54, 1.807) is 0 Å². The zero-order valence-corrected chi connectivity index (χ0v) is 10.1. The van der Waals surface area contributed by atoms with Crippen molar-refractivity contribution < 1.29 is 0 Å². The van der Waals surface area contributed by atoms with Crippen molar-refractivity contribution in [3.05, 3.63) is 12.7 Å². The van der Waals surface area contributed by atoms with Gasteiger partial charge in [0.2, 0.25) is 0 Å². The molecule has 0 aliphatic rings. The average Bonchev–Trinajstić information content (AvgIpc) is 2.17. The number of hydrogen-bond acceptors (Lipinski definition) is 2. The molecule has 0 aliphatic carbocycles. The van der Waals surface area contributed by atoms with E-state index in [1.807, 2.05) is 0 Å². The van der Waals surface area contributed by atoms with Crippen LogP contribution in [0.4, 0.5) is 0 Å². The van der Waals surface area contributed by atoms with Crippen LogP contribution in [0.15, 0.2) is 12.7 Å². The molecule has 1 atom stereocenters. The smallest absolute Gasteiger partial charge is 0.00534 e. The fourth-order valence-corrected chi connectivity index (χ4v) is 1.56. The molecule has 2 heteroatoms. The number of nitrogens with one attached hydrogen (secondary N) is 1. The van der Waals surface area contributed by atoms with Crippen LogP contribution in [0.25, 0.3) is 0 Å². The van der Waals surface area contributed by atoms with Gasteiger partial charge in [-0.1, -0.05) is 19.9 Å². The van der Waals surface area contributed by atoms with Crippen molar-refractivity contribution in [3.63, 3.8) is 0 Å². The zero-order chi connectivity index (χ0) is 10.8. The molecule has 84 valence electrons. The Hall–Kier alpha value is -0.340. The minimum atomic E-state index is 0.582. The maximum atomic E-state index is 3.89. The highest BCUT2D eigenvalue weighted by molar-refractivity contribution is 4.82. The highest BCUT2D eigenvalue weighted by Crippen LogP contribution is 2.00. The standard InChI is InChI=1S/C12H26N2/c1-5-8-13-10-12(7-3)11-14(4)9-6-2/h7,12-13H,3,5-6,8-11H2,1-2,4H3. The molecule has 0 bridgehead atoms. The van der Waals surface area contributed by atoms with Crippen molar-refractivity contribution in [3.8, 4) is 0 Å². The molecule has 0 aromatic heterocycles. The summed E-state index contributed by atoms with van der Waals surface area (Å²) < 4.78 is 0. The summed E-state index contributed by atoms with van der Waals surface area (Å²) in [6.45, 7) is 12.8. The first-order chi connectivity index (χ1) is 6.74. The number of hydrogen-bond donors (Lipinski definition) is 1. The summed E-state index contributed by atoms with van der Waals surface area (Å²) in [6, 6.07) is 0. The summed E-state index contributed by atoms with van der Waals surface area (Å²) in [5, 5.41) is 3.44. The van der Waals surface area contributed by atoms with Crippen LogP contribution in [0.2, 0.25) is 0 Å². The Morgan fingerprint density at radius 2 is 2.07 bits per heavy atom. The van der Waals surface area contributed by atoms with Crippen LogP contribution in [-0.2, 0) is 0 Å². The van der Waals surface area contributed by atoms with Gasteiger partial charge in [0.1, 0.15) is 0 Å². The Labute approximate surface area is 89.4 Å². The summed E-state index contributed by atoms with van der Waals surface area (Å²) in [7, 11) is 2.18. The molecule has 14 heavy (non-hydrogen) atoms. The molecule has 0 radical (unpaired) electrons. The Morgan fingerprint density at radius 1 is 1.36 bits per heavy atom. The van der Waals surface area contributed by atoms with E-state index in [0.29, 0.717) is 5.92 Å². The van der Waals surface area contributed by atoms with E-state index >= 15 is 0 Å². The van der Waals surface area contributed by atoms with Gasteiger partial charge in [0.05, 0.1) is 0 Å². The Balaban J connectivity index is 3.61. The first-order valence-corrected chi connectivity index (χ1v) is 5.76. The van der Waals surface area contributed by atoms with Gasteiger partial charge in [-0.25, -0.2) is 0 Å². The van der Waals surface area contributed by atoms with Crippen LogP contribution in [0.3, 0.4) is 0 Å². The minimum Gasteiger partial charge on any atom is -0.316 e. The van der Waals surface area contributed by atoms with Gasteiger partial charge >= 0.3 is 0 Å². The molecule has 2 nitrogen and oxygen atoms in total. The van der Waals surface area contributed by atoms with E-state index < -0.39 is 0 Å². The summed E-state index contributed by atoms with van der Waals surface area (Å²) in [4.78, 5) is 2.37. The zero-order valence-electron chi connectivity index (χ0n) is 10.1. The van der Waals surface area contributed by atoms with Crippen LogP contribution < -0.4 is 5.32 Å². The molecule has 0 saturated carbocycles. The first kappa shape index (κ1) is 13.7. The van der Waals surface area contributed by atoms with Gasteiger partial charge in [-0.15, -0.1) is 6.58 Å². The predicted octanol–water partition coefficient (Wildman–Crippen LogP) is 2.13. The average molecular weight is 198 g/mol. The Bertz CT molecular complexity index is 134. The molecule has 1 N–H and O–H groups in total. The molecule has 0 aliphatic heterocycles. The lowest BCUT2D eigenvalue weighted by molar-refractivity contribution is 0.296. The third kappa shape index (κ3) is 7.10. The highest BCUT2D eigenvalue weighted by Gasteiger charge is 2.06. The summed E-state index contributed by atoms with van der Waals surface area (Å²) in [6.07, 6.45) is 4.49. The highest BCUT2D eigenvalue weighted by atomic mass is 15.1. The van der Waals surface area contributed by atoms with Gasteiger partial charge in [0.25, 0.3) is 0 Å². The quantitative estimate of drug-likeness (QED) is 0.451. The molecule has 0 aromatic rings. The van der Waals surface area contributed by atoms with Crippen LogP contribution >= 0.6 is 0 Å². The van der Waals surface area contributed by atoms with Crippen molar-refractivity contribution in [2.45, 2.75) is 26.7 Å². The van der Waals surface area contributed by atoms with E-state index in [9.17, 15) is 0 Å². The normalized spacial score (nSPS) is 13.1. The van der Waals surface area contributed by atoms with E-state index in [-0.39, 0.29) is 0 Å². The molecule has 0 amide bonds. The van der Waals surface area contributed by atoms with E-state index in [1.165, 1.54) is 19.4 Å². The van der Waals surface area contributed by atoms with Crippen molar-refractivity contribution >= 4 is 0 Å². The number of nitrogens with zero attached hydrogens (tertiary/aromatic N) is 1. The van der Waals surface area contributed by atoms with Crippen LogP contribution in [-0.4, -0.2) is 38.1 Å². The van der Waals surface area contributed by atoms with Gasteiger partial charge in [-0.05, 0) is 33.0 Å². The molecule has 0 aromatic carbocycles. The molecule has 0 spiro atoms. The molecule has 0 heterocycles. The topological polar surface area (TPSA) is 15.3 Å². The third-order valence-corrected chi connectivity index (χ3v) is 2.32. The second-order valence-electron chi connectivity index (χ2n) is 3.96. The number of rotatable bonds is 9. The van der Waals surface area contributed by atoms with Gasteiger partial charge in [0, 0.05) is 19.0 Å². The third-order valence-electron chi connectivity index (χ3n) is 2.32. The Kier molecular flexibility index (Phi) is 9.00. The minimum absolute atomic E-state index is 0.582. The van der Waals surface area contributed by atoms with Crippen LogP contribution in [0, 0.1) is 5.92 Å².